The monoisotopic (exact) mass is 403 g/mol. The zero-order valence-corrected chi connectivity index (χ0v) is 17.8. The van der Waals surface area contributed by atoms with Crippen LogP contribution in [0.5, 0.6) is 5.75 Å². The highest BCUT2D eigenvalue weighted by molar-refractivity contribution is 5.74. The third-order valence-electron chi connectivity index (χ3n) is 6.42. The number of ether oxygens (including phenoxy) is 2. The standard InChI is InChI=1S/C25H36FO3/c1-2-3-9-24(26)25(27)29-23-14-10-19(11-15-23)18-28-22-16-12-21(13-17-22)20-7-5-4-6-8-20/h4,12-13,16-17,19-20,23-24H,2-3,5-11,14-15,18H2,1H3/t19-,23-,24-/m0/s1. The van der Waals surface area contributed by atoms with Crippen molar-refractivity contribution in [3.05, 3.63) is 36.2 Å². The van der Waals surface area contributed by atoms with Crippen LogP contribution in [-0.4, -0.2) is 24.9 Å². The van der Waals surface area contributed by atoms with E-state index in [4.69, 9.17) is 9.47 Å². The first-order valence-corrected chi connectivity index (χ1v) is 11.5. The maximum absolute atomic E-state index is 13.8. The topological polar surface area (TPSA) is 35.5 Å². The van der Waals surface area contributed by atoms with Gasteiger partial charge < -0.3 is 9.47 Å². The van der Waals surface area contributed by atoms with Crippen LogP contribution in [0.25, 0.3) is 0 Å². The fourth-order valence-electron chi connectivity index (χ4n) is 4.47. The second-order valence-electron chi connectivity index (χ2n) is 8.71. The van der Waals surface area contributed by atoms with E-state index in [0.717, 1.165) is 44.3 Å². The minimum Gasteiger partial charge on any atom is -0.493 e. The number of carbonyl (C=O) groups is 1. The van der Waals surface area contributed by atoms with Crippen molar-refractivity contribution < 1.29 is 18.7 Å². The molecule has 1 atom stereocenters. The second kappa shape index (κ2) is 11.6. The molecule has 0 bridgehead atoms. The third-order valence-corrected chi connectivity index (χ3v) is 6.42. The Labute approximate surface area is 175 Å². The fraction of sp³-hybridized carbons (Fsp3) is 0.680. The van der Waals surface area contributed by atoms with E-state index >= 15 is 0 Å². The van der Waals surface area contributed by atoms with Crippen LogP contribution in [0.15, 0.2) is 24.3 Å². The lowest BCUT2D eigenvalue weighted by Crippen LogP contribution is -2.30. The number of hydrogen-bond acceptors (Lipinski definition) is 3. The summed E-state index contributed by atoms with van der Waals surface area (Å²) in [5.41, 5.74) is 1.43. The molecule has 2 aliphatic carbocycles. The van der Waals surface area contributed by atoms with Gasteiger partial charge in [0.2, 0.25) is 0 Å². The Morgan fingerprint density at radius 1 is 1.07 bits per heavy atom. The summed E-state index contributed by atoms with van der Waals surface area (Å²) in [4.78, 5) is 11.8. The van der Waals surface area contributed by atoms with Gasteiger partial charge in [0.05, 0.1) is 6.61 Å². The molecule has 0 heterocycles. The molecule has 0 saturated heterocycles. The summed E-state index contributed by atoms with van der Waals surface area (Å²) in [6, 6.07) is 8.62. The van der Waals surface area contributed by atoms with Gasteiger partial charge in [0, 0.05) is 0 Å². The van der Waals surface area contributed by atoms with Crippen LogP contribution in [0.3, 0.4) is 0 Å². The summed E-state index contributed by atoms with van der Waals surface area (Å²) in [7, 11) is 0. The molecule has 3 nitrogen and oxygen atoms in total. The van der Waals surface area contributed by atoms with Crippen LogP contribution >= 0.6 is 0 Å². The zero-order valence-electron chi connectivity index (χ0n) is 17.8. The van der Waals surface area contributed by atoms with Crippen LogP contribution in [0.1, 0.15) is 89.0 Å². The van der Waals surface area contributed by atoms with Crippen LogP contribution in [0.4, 0.5) is 4.39 Å². The number of alkyl halides is 1. The van der Waals surface area contributed by atoms with Gasteiger partial charge >= 0.3 is 5.97 Å². The van der Waals surface area contributed by atoms with Crippen LogP contribution in [-0.2, 0) is 9.53 Å². The predicted molar refractivity (Wildman–Crippen MR) is 114 cm³/mol. The van der Waals surface area contributed by atoms with Crippen LogP contribution in [0, 0.1) is 12.3 Å². The Hall–Kier alpha value is -1.58. The van der Waals surface area contributed by atoms with Crippen molar-refractivity contribution in [2.45, 2.75) is 95.7 Å². The molecule has 161 valence electrons. The van der Waals surface area contributed by atoms with Crippen LogP contribution < -0.4 is 4.74 Å². The van der Waals surface area contributed by atoms with Gasteiger partial charge in [-0.15, -0.1) is 0 Å². The van der Waals surface area contributed by atoms with E-state index in [1.165, 1.54) is 31.2 Å². The maximum Gasteiger partial charge on any atom is 0.340 e. The fourth-order valence-corrected chi connectivity index (χ4v) is 4.47. The lowest BCUT2D eigenvalue weighted by molar-refractivity contribution is -0.157. The predicted octanol–water partition coefficient (Wildman–Crippen LogP) is 6.56. The summed E-state index contributed by atoms with van der Waals surface area (Å²) >= 11 is 0. The highest BCUT2D eigenvalue weighted by Gasteiger charge is 2.27. The molecule has 1 aromatic rings. The first-order chi connectivity index (χ1) is 14.2. The van der Waals surface area contributed by atoms with Crippen molar-refractivity contribution in [2.24, 2.45) is 5.92 Å². The average molecular weight is 404 g/mol. The molecule has 3 rings (SSSR count). The summed E-state index contributed by atoms with van der Waals surface area (Å²) < 4.78 is 25.2. The number of unbranched alkanes of at least 4 members (excludes halogenated alkanes) is 1. The molecule has 0 amide bonds. The SMILES string of the molecule is CCCC[C@H](F)C(=O)O[C@H]1CC[C@H](COc2ccc(C3CC[CH]CC3)cc2)CC1. The number of halogens is 1. The first-order valence-electron chi connectivity index (χ1n) is 11.5. The lowest BCUT2D eigenvalue weighted by Gasteiger charge is -2.28. The molecule has 2 saturated carbocycles. The van der Waals surface area contributed by atoms with E-state index in [-0.39, 0.29) is 12.5 Å². The molecular weight excluding hydrogens is 367 g/mol. The van der Waals surface area contributed by atoms with Gasteiger partial charge in [0.25, 0.3) is 0 Å². The van der Waals surface area contributed by atoms with Gasteiger partial charge in [0.1, 0.15) is 11.9 Å². The average Bonchev–Trinajstić information content (AvgIpc) is 2.78. The number of carbonyl (C=O) groups excluding carboxylic acids is 1. The third kappa shape index (κ3) is 7.01. The van der Waals surface area contributed by atoms with Crippen molar-refractivity contribution >= 4 is 5.97 Å². The van der Waals surface area contributed by atoms with Crippen molar-refractivity contribution in [3.8, 4) is 5.75 Å². The Balaban J connectivity index is 1.35. The molecule has 0 spiro atoms. The Morgan fingerprint density at radius 2 is 1.76 bits per heavy atom. The van der Waals surface area contributed by atoms with Gasteiger partial charge in [-0.1, -0.05) is 31.9 Å². The lowest BCUT2D eigenvalue weighted by atomic mass is 9.84. The smallest absolute Gasteiger partial charge is 0.340 e. The van der Waals surface area contributed by atoms with E-state index in [1.807, 2.05) is 6.92 Å². The number of rotatable bonds is 9. The highest BCUT2D eigenvalue weighted by Crippen LogP contribution is 2.33. The van der Waals surface area contributed by atoms with E-state index in [2.05, 4.69) is 30.7 Å². The van der Waals surface area contributed by atoms with Crippen LogP contribution in [0.2, 0.25) is 0 Å². The Bertz CT molecular complexity index is 601. The Kier molecular flexibility index (Phi) is 8.82. The largest absolute Gasteiger partial charge is 0.493 e. The molecule has 0 N–H and O–H groups in total. The quantitative estimate of drug-likeness (QED) is 0.438. The second-order valence-corrected chi connectivity index (χ2v) is 8.71. The minimum atomic E-state index is -1.47. The van der Waals surface area contributed by atoms with Gasteiger partial charge in [-0.05, 0) is 93.7 Å². The molecular formula is C25H36FO3. The summed E-state index contributed by atoms with van der Waals surface area (Å²) in [6.45, 7) is 2.69. The molecule has 0 aromatic heterocycles. The first kappa shape index (κ1) is 22.1. The molecule has 2 aliphatic rings. The van der Waals surface area contributed by atoms with E-state index in [9.17, 15) is 9.18 Å². The van der Waals surface area contributed by atoms with Crippen molar-refractivity contribution in [2.75, 3.05) is 6.61 Å². The molecule has 0 unspecified atom stereocenters. The van der Waals surface area contributed by atoms with Gasteiger partial charge in [0.15, 0.2) is 6.17 Å². The van der Waals surface area contributed by atoms with Gasteiger partial charge in [-0.3, -0.25) is 0 Å². The summed E-state index contributed by atoms with van der Waals surface area (Å²) in [6.07, 6.45) is 11.2. The van der Waals surface area contributed by atoms with Crippen molar-refractivity contribution in [1.82, 2.24) is 0 Å². The summed E-state index contributed by atoms with van der Waals surface area (Å²) in [5.74, 6) is 1.42. The maximum atomic E-state index is 13.8. The summed E-state index contributed by atoms with van der Waals surface area (Å²) in [5, 5.41) is 0. The number of hydrogen-bond donors (Lipinski definition) is 0. The minimum absolute atomic E-state index is 0.134. The number of esters is 1. The van der Waals surface area contributed by atoms with E-state index < -0.39 is 12.1 Å². The van der Waals surface area contributed by atoms with Gasteiger partial charge in [-0.2, -0.15) is 0 Å². The molecule has 29 heavy (non-hydrogen) atoms. The van der Waals surface area contributed by atoms with E-state index in [0.29, 0.717) is 18.4 Å². The molecule has 4 heteroatoms. The van der Waals surface area contributed by atoms with Crippen molar-refractivity contribution in [1.29, 1.82) is 0 Å². The molecule has 2 fully saturated rings. The van der Waals surface area contributed by atoms with Crippen molar-refractivity contribution in [3.63, 3.8) is 0 Å². The molecule has 1 aromatic carbocycles. The highest BCUT2D eigenvalue weighted by atomic mass is 19.1. The van der Waals surface area contributed by atoms with E-state index in [1.54, 1.807) is 0 Å². The normalized spacial score (nSPS) is 24.1. The van der Waals surface area contributed by atoms with Gasteiger partial charge in [-0.25, -0.2) is 9.18 Å². The molecule has 1 radical (unpaired) electrons. The number of benzene rings is 1. The molecule has 0 aliphatic heterocycles. The zero-order chi connectivity index (χ0) is 20.5. The Morgan fingerprint density at radius 3 is 2.41 bits per heavy atom.